The van der Waals surface area contributed by atoms with E-state index in [4.69, 9.17) is 14.2 Å². The number of rotatable bonds is 1. The average molecular weight is 279 g/mol. The van der Waals surface area contributed by atoms with E-state index in [-0.39, 0.29) is 11.5 Å². The SMILES string of the molecule is O=c1oc2ccccc2cc1C1=Nc2ccccc2OO1. The van der Waals surface area contributed by atoms with Gasteiger partial charge < -0.3 is 4.42 Å². The van der Waals surface area contributed by atoms with Gasteiger partial charge in [0.1, 0.15) is 16.8 Å². The maximum absolute atomic E-state index is 12.1. The Morgan fingerprint density at radius 3 is 2.67 bits per heavy atom. The molecule has 5 heteroatoms. The number of para-hydroxylation sites is 3. The Balaban J connectivity index is 1.90. The van der Waals surface area contributed by atoms with Crippen molar-refractivity contribution in [1.82, 2.24) is 0 Å². The standard InChI is InChI=1S/C16H9NO4/c18-16-11(9-10-5-1-3-7-13(10)19-16)15-17-12-6-2-4-8-14(12)20-21-15/h1-9H. The maximum Gasteiger partial charge on any atom is 0.349 e. The predicted molar refractivity (Wildman–Crippen MR) is 76.8 cm³/mol. The number of fused-ring (bicyclic) bond motifs is 2. The van der Waals surface area contributed by atoms with Crippen LogP contribution in [0.3, 0.4) is 0 Å². The molecule has 1 aliphatic rings. The monoisotopic (exact) mass is 279 g/mol. The van der Waals surface area contributed by atoms with Gasteiger partial charge in [-0.3, -0.25) is 9.78 Å². The van der Waals surface area contributed by atoms with Crippen LogP contribution in [0.2, 0.25) is 0 Å². The fourth-order valence-corrected chi connectivity index (χ4v) is 2.15. The third kappa shape index (κ3) is 1.95. The van der Waals surface area contributed by atoms with Gasteiger partial charge in [-0.25, -0.2) is 9.79 Å². The van der Waals surface area contributed by atoms with Gasteiger partial charge in [0, 0.05) is 5.39 Å². The molecule has 0 amide bonds. The molecule has 2 heterocycles. The lowest BCUT2D eigenvalue weighted by Crippen LogP contribution is -2.20. The summed E-state index contributed by atoms with van der Waals surface area (Å²) in [5.74, 6) is 0.597. The molecule has 3 aromatic rings. The van der Waals surface area contributed by atoms with Crippen molar-refractivity contribution in [2.24, 2.45) is 4.99 Å². The van der Waals surface area contributed by atoms with Crippen LogP contribution in [-0.2, 0) is 4.89 Å². The lowest BCUT2D eigenvalue weighted by atomic mass is 10.2. The Hall–Kier alpha value is -3.08. The molecule has 0 N–H and O–H groups in total. The van der Waals surface area contributed by atoms with Gasteiger partial charge in [0.15, 0.2) is 0 Å². The van der Waals surface area contributed by atoms with E-state index in [1.807, 2.05) is 24.3 Å². The highest BCUT2D eigenvalue weighted by Crippen LogP contribution is 2.31. The fraction of sp³-hybridized carbons (Fsp3) is 0. The van der Waals surface area contributed by atoms with Crippen molar-refractivity contribution in [2.45, 2.75) is 0 Å². The van der Waals surface area contributed by atoms with Crippen LogP contribution < -0.4 is 10.5 Å². The van der Waals surface area contributed by atoms with Crippen molar-refractivity contribution in [3.63, 3.8) is 0 Å². The van der Waals surface area contributed by atoms with E-state index in [1.54, 1.807) is 30.3 Å². The van der Waals surface area contributed by atoms with Crippen LogP contribution in [0, 0.1) is 0 Å². The third-order valence-electron chi connectivity index (χ3n) is 3.17. The number of hydrogen-bond acceptors (Lipinski definition) is 5. The minimum absolute atomic E-state index is 0.0909. The second-order valence-electron chi connectivity index (χ2n) is 4.54. The van der Waals surface area contributed by atoms with E-state index in [2.05, 4.69) is 4.99 Å². The van der Waals surface area contributed by atoms with Gasteiger partial charge in [0.2, 0.25) is 5.75 Å². The summed E-state index contributed by atoms with van der Waals surface area (Å²) in [6, 6.07) is 16.1. The van der Waals surface area contributed by atoms with Crippen LogP contribution in [0.1, 0.15) is 5.56 Å². The van der Waals surface area contributed by atoms with Crippen molar-refractivity contribution in [1.29, 1.82) is 0 Å². The quantitative estimate of drug-likeness (QED) is 0.507. The minimum atomic E-state index is -0.518. The molecule has 0 spiro atoms. The molecule has 1 aliphatic heterocycles. The molecule has 1 aromatic heterocycles. The molecule has 102 valence electrons. The summed E-state index contributed by atoms with van der Waals surface area (Å²) in [5, 5.41) is 0.789. The third-order valence-corrected chi connectivity index (χ3v) is 3.17. The minimum Gasteiger partial charge on any atom is -0.422 e. The van der Waals surface area contributed by atoms with Crippen molar-refractivity contribution >= 4 is 22.6 Å². The molecule has 0 aliphatic carbocycles. The van der Waals surface area contributed by atoms with E-state index < -0.39 is 5.63 Å². The van der Waals surface area contributed by atoms with E-state index in [0.717, 1.165) is 5.39 Å². The number of nitrogens with zero attached hydrogens (tertiary/aromatic N) is 1. The normalized spacial score (nSPS) is 13.0. The lowest BCUT2D eigenvalue weighted by molar-refractivity contribution is -0.119. The van der Waals surface area contributed by atoms with Crippen molar-refractivity contribution in [3.05, 3.63) is 70.6 Å². The highest BCUT2D eigenvalue weighted by molar-refractivity contribution is 5.98. The van der Waals surface area contributed by atoms with Crippen molar-refractivity contribution in [2.75, 3.05) is 0 Å². The maximum atomic E-state index is 12.1. The van der Waals surface area contributed by atoms with Crippen LogP contribution in [0.15, 0.2) is 68.8 Å². The first-order chi connectivity index (χ1) is 10.3. The molecule has 2 aromatic carbocycles. The first-order valence-electron chi connectivity index (χ1n) is 6.37. The van der Waals surface area contributed by atoms with Gasteiger partial charge in [-0.15, -0.1) is 0 Å². The molecular formula is C16H9NO4. The van der Waals surface area contributed by atoms with Gasteiger partial charge >= 0.3 is 5.63 Å². The number of aliphatic imine (C=N–C) groups is 1. The lowest BCUT2D eigenvalue weighted by Gasteiger charge is -2.14. The van der Waals surface area contributed by atoms with Gasteiger partial charge in [-0.2, -0.15) is 0 Å². The van der Waals surface area contributed by atoms with E-state index >= 15 is 0 Å². The summed E-state index contributed by atoms with van der Waals surface area (Å²) in [5.41, 5.74) is 0.828. The van der Waals surface area contributed by atoms with Gasteiger partial charge in [0.05, 0.1) is 0 Å². The molecule has 0 saturated heterocycles. The zero-order chi connectivity index (χ0) is 14.2. The number of benzene rings is 2. The van der Waals surface area contributed by atoms with Crippen LogP contribution in [0.4, 0.5) is 5.69 Å². The van der Waals surface area contributed by atoms with Crippen molar-refractivity contribution < 1.29 is 14.2 Å². The smallest absolute Gasteiger partial charge is 0.349 e. The van der Waals surface area contributed by atoms with Crippen LogP contribution in [0.25, 0.3) is 11.0 Å². The first kappa shape index (κ1) is 11.7. The summed E-state index contributed by atoms with van der Waals surface area (Å²) < 4.78 is 5.26. The first-order valence-corrected chi connectivity index (χ1v) is 6.37. The zero-order valence-corrected chi connectivity index (χ0v) is 10.8. The highest BCUT2D eigenvalue weighted by atomic mass is 17.2. The predicted octanol–water partition coefficient (Wildman–Crippen LogP) is 3.20. The summed E-state index contributed by atoms with van der Waals surface area (Å²) >= 11 is 0. The van der Waals surface area contributed by atoms with Gasteiger partial charge in [-0.05, 0) is 24.3 Å². The highest BCUT2D eigenvalue weighted by Gasteiger charge is 2.20. The number of hydrogen-bond donors (Lipinski definition) is 0. The fourth-order valence-electron chi connectivity index (χ4n) is 2.15. The second-order valence-corrected chi connectivity index (χ2v) is 4.54. The molecule has 0 atom stereocenters. The molecule has 0 radical (unpaired) electrons. The largest absolute Gasteiger partial charge is 0.422 e. The molecule has 0 saturated carbocycles. The Labute approximate surface area is 119 Å². The van der Waals surface area contributed by atoms with E-state index in [9.17, 15) is 4.79 Å². The second kappa shape index (κ2) is 4.49. The van der Waals surface area contributed by atoms with Crippen LogP contribution >= 0.6 is 0 Å². The molecule has 0 unspecified atom stereocenters. The Morgan fingerprint density at radius 1 is 0.905 bits per heavy atom. The molecule has 4 rings (SSSR count). The van der Waals surface area contributed by atoms with Gasteiger partial charge in [0.25, 0.3) is 5.90 Å². The van der Waals surface area contributed by atoms with E-state index in [1.165, 1.54) is 0 Å². The molecular weight excluding hydrogens is 270 g/mol. The Morgan fingerprint density at radius 2 is 1.71 bits per heavy atom. The van der Waals surface area contributed by atoms with Gasteiger partial charge in [-0.1, -0.05) is 30.3 Å². The summed E-state index contributed by atoms with van der Waals surface area (Å²) in [6.07, 6.45) is 0. The van der Waals surface area contributed by atoms with Crippen molar-refractivity contribution in [3.8, 4) is 5.75 Å². The Kier molecular flexibility index (Phi) is 2.50. The Bertz CT molecular complexity index is 927. The topological polar surface area (TPSA) is 61.0 Å². The zero-order valence-electron chi connectivity index (χ0n) is 10.8. The molecule has 0 fully saturated rings. The molecule has 0 bridgehead atoms. The summed E-state index contributed by atoms with van der Waals surface area (Å²) in [6.45, 7) is 0. The van der Waals surface area contributed by atoms with E-state index in [0.29, 0.717) is 17.0 Å². The summed E-state index contributed by atoms with van der Waals surface area (Å²) in [4.78, 5) is 26.6. The molecule has 21 heavy (non-hydrogen) atoms. The summed E-state index contributed by atoms with van der Waals surface area (Å²) in [7, 11) is 0. The average Bonchev–Trinajstić information content (AvgIpc) is 2.54. The molecule has 5 nitrogen and oxygen atoms in total. The van der Waals surface area contributed by atoms with Crippen LogP contribution in [-0.4, -0.2) is 5.90 Å². The van der Waals surface area contributed by atoms with Crippen LogP contribution in [0.5, 0.6) is 5.75 Å².